The third kappa shape index (κ3) is 3.03. The number of hydrogen-bond donors (Lipinski definition) is 0. The van der Waals surface area contributed by atoms with Crippen molar-refractivity contribution < 1.29 is 14.5 Å². The van der Waals surface area contributed by atoms with E-state index in [0.29, 0.717) is 16.6 Å². The minimum absolute atomic E-state index is 0.0239. The van der Waals surface area contributed by atoms with Crippen LogP contribution >= 0.6 is 15.9 Å². The second kappa shape index (κ2) is 5.60. The van der Waals surface area contributed by atoms with E-state index in [1.165, 1.54) is 12.1 Å². The summed E-state index contributed by atoms with van der Waals surface area (Å²) in [4.78, 5) is 21.4. The summed E-state index contributed by atoms with van der Waals surface area (Å²) in [6.45, 7) is 2.01. The van der Waals surface area contributed by atoms with Crippen LogP contribution in [0.1, 0.15) is 12.5 Å². The maximum absolute atomic E-state index is 11.2. The van der Waals surface area contributed by atoms with Gasteiger partial charge in [0.15, 0.2) is 0 Å². The number of nitrogens with zero attached hydrogens (tertiary/aromatic N) is 1. The average molecular weight is 288 g/mol. The van der Waals surface area contributed by atoms with Crippen LogP contribution in [0.4, 0.5) is 5.69 Å². The molecule has 0 heterocycles. The fourth-order valence-electron chi connectivity index (χ4n) is 1.21. The molecule has 1 aromatic carbocycles. The summed E-state index contributed by atoms with van der Waals surface area (Å²) >= 11 is 3.11. The molecule has 0 spiro atoms. The standard InChI is InChI=1S/C10H10BrNO4/c1-2-16-9(13)6-7-4-3-5-8(10(7)11)12(14)15/h3-5H,2,6H2,1H3. The minimum Gasteiger partial charge on any atom is -0.466 e. The number of rotatable bonds is 4. The fourth-order valence-corrected chi connectivity index (χ4v) is 1.76. The Morgan fingerprint density at radius 2 is 2.25 bits per heavy atom. The molecule has 0 amide bonds. The number of carbonyl (C=O) groups is 1. The first-order valence-corrected chi connectivity index (χ1v) is 5.43. The maximum Gasteiger partial charge on any atom is 0.310 e. The van der Waals surface area contributed by atoms with Crippen molar-refractivity contribution in [2.45, 2.75) is 13.3 Å². The van der Waals surface area contributed by atoms with Crippen molar-refractivity contribution in [3.63, 3.8) is 0 Å². The number of ether oxygens (including phenoxy) is 1. The van der Waals surface area contributed by atoms with Crippen LogP contribution in [0.25, 0.3) is 0 Å². The summed E-state index contributed by atoms with van der Waals surface area (Å²) in [7, 11) is 0. The number of nitro benzene ring substituents is 1. The molecular formula is C10H10BrNO4. The van der Waals surface area contributed by atoms with Gasteiger partial charge in [0.25, 0.3) is 5.69 Å². The highest BCUT2D eigenvalue weighted by atomic mass is 79.9. The number of carbonyl (C=O) groups excluding carboxylic acids is 1. The topological polar surface area (TPSA) is 69.4 Å². The third-order valence-electron chi connectivity index (χ3n) is 1.90. The van der Waals surface area contributed by atoms with Crippen molar-refractivity contribution in [1.82, 2.24) is 0 Å². The van der Waals surface area contributed by atoms with Crippen molar-refractivity contribution >= 4 is 27.6 Å². The molecule has 1 aromatic rings. The molecule has 0 aliphatic rings. The van der Waals surface area contributed by atoms with Crippen molar-refractivity contribution in [2.75, 3.05) is 6.61 Å². The van der Waals surface area contributed by atoms with Crippen LogP contribution in [0, 0.1) is 10.1 Å². The van der Waals surface area contributed by atoms with Gasteiger partial charge in [-0.2, -0.15) is 0 Å². The molecular weight excluding hydrogens is 278 g/mol. The van der Waals surface area contributed by atoms with E-state index in [4.69, 9.17) is 4.74 Å². The first-order chi connectivity index (χ1) is 7.56. The molecule has 0 radical (unpaired) electrons. The summed E-state index contributed by atoms with van der Waals surface area (Å²) in [6.07, 6.45) is 0.0239. The number of hydrogen-bond acceptors (Lipinski definition) is 4. The van der Waals surface area contributed by atoms with E-state index >= 15 is 0 Å². The molecule has 1 rings (SSSR count). The van der Waals surface area contributed by atoms with Gasteiger partial charge < -0.3 is 4.74 Å². The van der Waals surface area contributed by atoms with E-state index in [9.17, 15) is 14.9 Å². The van der Waals surface area contributed by atoms with Gasteiger partial charge in [-0.1, -0.05) is 12.1 Å². The molecule has 0 N–H and O–H groups in total. The molecule has 6 heteroatoms. The van der Waals surface area contributed by atoms with E-state index in [1.807, 2.05) is 0 Å². The zero-order valence-corrected chi connectivity index (χ0v) is 10.2. The van der Waals surface area contributed by atoms with E-state index in [2.05, 4.69) is 15.9 Å². The van der Waals surface area contributed by atoms with Crippen LogP contribution in [0.3, 0.4) is 0 Å². The predicted molar refractivity (Wildman–Crippen MR) is 61.1 cm³/mol. The normalized spacial score (nSPS) is 9.88. The maximum atomic E-state index is 11.2. The Balaban J connectivity index is 2.93. The molecule has 0 aliphatic heterocycles. The quantitative estimate of drug-likeness (QED) is 0.485. The van der Waals surface area contributed by atoms with Crippen molar-refractivity contribution in [3.05, 3.63) is 38.3 Å². The van der Waals surface area contributed by atoms with E-state index in [-0.39, 0.29) is 12.1 Å². The van der Waals surface area contributed by atoms with Crippen LogP contribution < -0.4 is 0 Å². The van der Waals surface area contributed by atoms with Gasteiger partial charge in [-0.05, 0) is 28.4 Å². The first-order valence-electron chi connectivity index (χ1n) is 4.63. The fraction of sp³-hybridized carbons (Fsp3) is 0.300. The number of nitro groups is 1. The van der Waals surface area contributed by atoms with Gasteiger partial charge in [-0.25, -0.2) is 0 Å². The molecule has 0 fully saturated rings. The highest BCUT2D eigenvalue weighted by Crippen LogP contribution is 2.28. The number of benzene rings is 1. The largest absolute Gasteiger partial charge is 0.466 e. The molecule has 5 nitrogen and oxygen atoms in total. The molecule has 16 heavy (non-hydrogen) atoms. The van der Waals surface area contributed by atoms with Crippen molar-refractivity contribution in [2.24, 2.45) is 0 Å². The second-order valence-electron chi connectivity index (χ2n) is 2.99. The first kappa shape index (κ1) is 12.6. The monoisotopic (exact) mass is 287 g/mol. The summed E-state index contributed by atoms with van der Waals surface area (Å²) in [5.74, 6) is -0.399. The van der Waals surface area contributed by atoms with Gasteiger partial charge in [0.1, 0.15) is 0 Å². The lowest BCUT2D eigenvalue weighted by molar-refractivity contribution is -0.385. The Labute approximate surface area is 101 Å². The molecule has 0 aliphatic carbocycles. The molecule has 0 atom stereocenters. The smallest absolute Gasteiger partial charge is 0.310 e. The van der Waals surface area contributed by atoms with Gasteiger partial charge in [-0.15, -0.1) is 0 Å². The Morgan fingerprint density at radius 3 is 2.81 bits per heavy atom. The summed E-state index contributed by atoms with van der Waals surface area (Å²) in [6, 6.07) is 4.56. The van der Waals surface area contributed by atoms with Gasteiger partial charge in [0.05, 0.1) is 22.4 Å². The summed E-state index contributed by atoms with van der Waals surface area (Å²) in [5, 5.41) is 10.6. The number of halogens is 1. The lowest BCUT2D eigenvalue weighted by Gasteiger charge is -2.04. The van der Waals surface area contributed by atoms with Gasteiger partial charge >= 0.3 is 5.97 Å². The summed E-state index contributed by atoms with van der Waals surface area (Å²) < 4.78 is 5.10. The Hall–Kier alpha value is -1.43. The zero-order chi connectivity index (χ0) is 12.1. The SMILES string of the molecule is CCOC(=O)Cc1cccc([N+](=O)[O-])c1Br. The van der Waals surface area contributed by atoms with Gasteiger partial charge in [0, 0.05) is 6.07 Å². The van der Waals surface area contributed by atoms with E-state index in [0.717, 1.165) is 0 Å². The Morgan fingerprint density at radius 1 is 1.56 bits per heavy atom. The number of esters is 1. The predicted octanol–water partition coefficient (Wildman–Crippen LogP) is 2.46. The molecule has 0 saturated heterocycles. The highest BCUT2D eigenvalue weighted by molar-refractivity contribution is 9.10. The highest BCUT2D eigenvalue weighted by Gasteiger charge is 2.16. The second-order valence-corrected chi connectivity index (χ2v) is 3.78. The zero-order valence-electron chi connectivity index (χ0n) is 8.60. The van der Waals surface area contributed by atoms with E-state index in [1.54, 1.807) is 13.0 Å². The van der Waals surface area contributed by atoms with Crippen LogP contribution in [-0.2, 0) is 16.0 Å². The Kier molecular flexibility index (Phi) is 4.42. The van der Waals surface area contributed by atoms with Crippen LogP contribution in [0.15, 0.2) is 22.7 Å². The molecule has 0 aromatic heterocycles. The van der Waals surface area contributed by atoms with Crippen molar-refractivity contribution in [1.29, 1.82) is 0 Å². The van der Waals surface area contributed by atoms with Crippen LogP contribution in [-0.4, -0.2) is 17.5 Å². The molecule has 0 saturated carbocycles. The minimum atomic E-state index is -0.501. The summed E-state index contributed by atoms with van der Waals surface area (Å²) in [5.41, 5.74) is 0.495. The third-order valence-corrected chi connectivity index (χ3v) is 2.81. The Bertz CT molecular complexity index is 419. The molecule has 86 valence electrons. The average Bonchev–Trinajstić information content (AvgIpc) is 2.21. The van der Waals surface area contributed by atoms with Crippen molar-refractivity contribution in [3.8, 4) is 0 Å². The lowest BCUT2D eigenvalue weighted by atomic mass is 10.1. The van der Waals surface area contributed by atoms with Crippen LogP contribution in [0.5, 0.6) is 0 Å². The molecule has 0 bridgehead atoms. The van der Waals surface area contributed by atoms with E-state index < -0.39 is 10.9 Å². The van der Waals surface area contributed by atoms with Gasteiger partial charge in [-0.3, -0.25) is 14.9 Å². The lowest BCUT2D eigenvalue weighted by Crippen LogP contribution is -2.08. The van der Waals surface area contributed by atoms with Crippen LogP contribution in [0.2, 0.25) is 0 Å². The van der Waals surface area contributed by atoms with Gasteiger partial charge in [0.2, 0.25) is 0 Å². The molecule has 0 unspecified atom stereocenters.